The van der Waals surface area contributed by atoms with Crippen molar-refractivity contribution in [1.82, 2.24) is 15.2 Å². The smallest absolute Gasteiger partial charge is 0.252 e. The Kier molecular flexibility index (Phi) is 4.91. The van der Waals surface area contributed by atoms with E-state index < -0.39 is 0 Å². The molecule has 0 saturated carbocycles. The van der Waals surface area contributed by atoms with Crippen LogP contribution in [0.5, 0.6) is 0 Å². The van der Waals surface area contributed by atoms with Crippen molar-refractivity contribution in [2.24, 2.45) is 0 Å². The van der Waals surface area contributed by atoms with Gasteiger partial charge in [0.05, 0.1) is 11.1 Å². The number of nitrogens with one attached hydrogen (secondary N) is 1. The molecule has 0 bridgehead atoms. The minimum absolute atomic E-state index is 0.0475. The third-order valence-corrected chi connectivity index (χ3v) is 4.62. The maximum Gasteiger partial charge on any atom is 0.252 e. The zero-order valence-corrected chi connectivity index (χ0v) is 14.1. The van der Waals surface area contributed by atoms with Crippen LogP contribution in [-0.2, 0) is 13.0 Å². The van der Waals surface area contributed by atoms with E-state index in [1.165, 1.54) is 0 Å². The fourth-order valence-corrected chi connectivity index (χ4v) is 3.24. The lowest BCUT2D eigenvalue weighted by atomic mass is 9.95. The first-order chi connectivity index (χ1) is 11.2. The van der Waals surface area contributed by atoms with Crippen LogP contribution in [0.15, 0.2) is 24.3 Å². The largest absolute Gasteiger partial charge is 0.352 e. The minimum atomic E-state index is 0.0475. The first kappa shape index (κ1) is 15.9. The van der Waals surface area contributed by atoms with Gasteiger partial charge in [-0.2, -0.15) is 0 Å². The maximum atomic E-state index is 12.8. The number of carbonyl (C=O) groups excluding carboxylic acids is 1. The predicted molar refractivity (Wildman–Crippen MR) is 93.6 cm³/mol. The maximum absolute atomic E-state index is 12.8. The lowest BCUT2D eigenvalue weighted by molar-refractivity contribution is 0.0952. The molecule has 1 aromatic heterocycles. The van der Waals surface area contributed by atoms with Crippen molar-refractivity contribution < 1.29 is 4.79 Å². The molecule has 1 amide bonds. The highest BCUT2D eigenvalue weighted by atomic mass is 16.1. The van der Waals surface area contributed by atoms with Gasteiger partial charge >= 0.3 is 0 Å². The van der Waals surface area contributed by atoms with Gasteiger partial charge in [0, 0.05) is 42.7 Å². The Morgan fingerprint density at radius 2 is 2.13 bits per heavy atom. The average Bonchev–Trinajstić information content (AvgIpc) is 2.59. The number of aromatic nitrogens is 1. The summed E-state index contributed by atoms with van der Waals surface area (Å²) in [7, 11) is 0. The van der Waals surface area contributed by atoms with E-state index in [1.54, 1.807) is 0 Å². The molecule has 1 aliphatic rings. The van der Waals surface area contributed by atoms with Crippen molar-refractivity contribution in [2.45, 2.75) is 39.7 Å². The van der Waals surface area contributed by atoms with Gasteiger partial charge < -0.3 is 5.32 Å². The molecule has 4 nitrogen and oxygen atoms in total. The van der Waals surface area contributed by atoms with Gasteiger partial charge in [-0.1, -0.05) is 38.5 Å². The fraction of sp³-hybridized carbons (Fsp3) is 0.474. The summed E-state index contributed by atoms with van der Waals surface area (Å²) in [4.78, 5) is 20.0. The van der Waals surface area contributed by atoms with E-state index in [0.29, 0.717) is 0 Å². The molecular formula is C19H25N3O. The molecule has 122 valence electrons. The zero-order chi connectivity index (χ0) is 16.2. The minimum Gasteiger partial charge on any atom is -0.352 e. The first-order valence-corrected chi connectivity index (χ1v) is 8.65. The zero-order valence-electron chi connectivity index (χ0n) is 14.1. The molecule has 0 atom stereocenters. The molecule has 0 fully saturated rings. The van der Waals surface area contributed by atoms with Crippen LogP contribution in [0.3, 0.4) is 0 Å². The van der Waals surface area contributed by atoms with E-state index in [9.17, 15) is 4.79 Å². The van der Waals surface area contributed by atoms with Gasteiger partial charge in [0.2, 0.25) is 0 Å². The van der Waals surface area contributed by atoms with E-state index in [-0.39, 0.29) is 5.91 Å². The highest BCUT2D eigenvalue weighted by molar-refractivity contribution is 6.07. The van der Waals surface area contributed by atoms with Crippen LogP contribution in [-0.4, -0.2) is 35.4 Å². The molecule has 0 radical (unpaired) electrons. The van der Waals surface area contributed by atoms with Crippen LogP contribution in [0.4, 0.5) is 0 Å². The van der Waals surface area contributed by atoms with Crippen molar-refractivity contribution in [1.29, 1.82) is 0 Å². The SMILES string of the molecule is CCCCNC(=O)c1c2c(nc3ccccc13)CCN(CC)C2. The van der Waals surface area contributed by atoms with Crippen molar-refractivity contribution in [2.75, 3.05) is 19.6 Å². The second-order valence-corrected chi connectivity index (χ2v) is 6.16. The number of nitrogens with zero attached hydrogens (tertiary/aromatic N) is 2. The number of rotatable bonds is 5. The number of hydrogen-bond acceptors (Lipinski definition) is 3. The summed E-state index contributed by atoms with van der Waals surface area (Å²) in [6, 6.07) is 7.99. The molecule has 0 aliphatic carbocycles. The topological polar surface area (TPSA) is 45.2 Å². The number of likely N-dealkylation sites (N-methyl/N-ethyl adjacent to an activating group) is 1. The second-order valence-electron chi connectivity index (χ2n) is 6.16. The van der Waals surface area contributed by atoms with Crippen molar-refractivity contribution in [3.05, 3.63) is 41.1 Å². The summed E-state index contributed by atoms with van der Waals surface area (Å²) in [5.41, 5.74) is 3.97. The number of hydrogen-bond donors (Lipinski definition) is 1. The molecule has 0 spiro atoms. The van der Waals surface area contributed by atoms with Crippen LogP contribution in [0.1, 0.15) is 48.3 Å². The van der Waals surface area contributed by atoms with Crippen molar-refractivity contribution in [3.63, 3.8) is 0 Å². The molecule has 0 unspecified atom stereocenters. The van der Waals surface area contributed by atoms with E-state index in [1.807, 2.05) is 24.3 Å². The van der Waals surface area contributed by atoms with E-state index in [4.69, 9.17) is 4.98 Å². The van der Waals surface area contributed by atoms with Gasteiger partial charge in [0.15, 0.2) is 0 Å². The van der Waals surface area contributed by atoms with Crippen molar-refractivity contribution in [3.8, 4) is 0 Å². The number of para-hydroxylation sites is 1. The number of fused-ring (bicyclic) bond motifs is 2. The Balaban J connectivity index is 2.06. The first-order valence-electron chi connectivity index (χ1n) is 8.65. The number of carbonyl (C=O) groups is 1. The molecule has 3 rings (SSSR count). The van der Waals surface area contributed by atoms with E-state index in [2.05, 4.69) is 24.1 Å². The molecule has 2 aromatic rings. The Morgan fingerprint density at radius 1 is 1.30 bits per heavy atom. The Hall–Kier alpha value is -1.94. The molecule has 1 aromatic carbocycles. The fourth-order valence-electron chi connectivity index (χ4n) is 3.24. The second kappa shape index (κ2) is 7.09. The van der Waals surface area contributed by atoms with Crippen molar-refractivity contribution >= 4 is 16.8 Å². The highest BCUT2D eigenvalue weighted by Crippen LogP contribution is 2.28. The molecular weight excluding hydrogens is 286 g/mol. The monoisotopic (exact) mass is 311 g/mol. The normalized spacial score (nSPS) is 14.7. The molecule has 0 saturated heterocycles. The quantitative estimate of drug-likeness (QED) is 0.863. The third-order valence-electron chi connectivity index (χ3n) is 4.62. The molecule has 1 aliphatic heterocycles. The van der Waals surface area contributed by atoms with Gasteiger partial charge in [-0.3, -0.25) is 14.7 Å². The van der Waals surface area contributed by atoms with Crippen LogP contribution < -0.4 is 5.32 Å². The summed E-state index contributed by atoms with van der Waals surface area (Å²) in [5.74, 6) is 0.0475. The molecule has 2 heterocycles. The van der Waals surface area contributed by atoms with Crippen LogP contribution in [0, 0.1) is 0 Å². The predicted octanol–water partition coefficient (Wildman–Crippen LogP) is 3.14. The number of pyridine rings is 1. The summed E-state index contributed by atoms with van der Waals surface area (Å²) in [6.45, 7) is 7.88. The summed E-state index contributed by atoms with van der Waals surface area (Å²) in [5, 5.41) is 4.06. The summed E-state index contributed by atoms with van der Waals surface area (Å²) < 4.78 is 0. The van der Waals surface area contributed by atoms with Crippen LogP contribution in [0.25, 0.3) is 10.9 Å². The van der Waals surface area contributed by atoms with Crippen LogP contribution in [0.2, 0.25) is 0 Å². The standard InChI is InChI=1S/C19H25N3O/c1-3-5-11-20-19(23)18-14-8-6-7-9-16(14)21-17-10-12-22(4-2)13-15(17)18/h6-9H,3-5,10-13H2,1-2H3,(H,20,23). The van der Waals surface area contributed by atoms with Gasteiger partial charge in [-0.15, -0.1) is 0 Å². The number of benzene rings is 1. The van der Waals surface area contributed by atoms with E-state index in [0.717, 1.165) is 73.2 Å². The average molecular weight is 311 g/mol. The van der Waals surface area contributed by atoms with Gasteiger partial charge in [-0.05, 0) is 19.0 Å². The Bertz CT molecular complexity index is 711. The number of unbranched alkanes of at least 4 members (excludes halogenated alkanes) is 1. The van der Waals surface area contributed by atoms with Gasteiger partial charge in [-0.25, -0.2) is 0 Å². The van der Waals surface area contributed by atoms with Gasteiger partial charge in [0.25, 0.3) is 5.91 Å². The van der Waals surface area contributed by atoms with E-state index >= 15 is 0 Å². The molecule has 4 heteroatoms. The molecule has 1 N–H and O–H groups in total. The Labute approximate surface area is 137 Å². The lowest BCUT2D eigenvalue weighted by Crippen LogP contribution is -2.34. The molecule has 23 heavy (non-hydrogen) atoms. The Morgan fingerprint density at radius 3 is 2.91 bits per heavy atom. The lowest BCUT2D eigenvalue weighted by Gasteiger charge is -2.29. The van der Waals surface area contributed by atoms with Crippen LogP contribution >= 0.6 is 0 Å². The summed E-state index contributed by atoms with van der Waals surface area (Å²) in [6.07, 6.45) is 3.01. The number of amides is 1. The highest BCUT2D eigenvalue weighted by Gasteiger charge is 2.24. The summed E-state index contributed by atoms with van der Waals surface area (Å²) >= 11 is 0. The van der Waals surface area contributed by atoms with Gasteiger partial charge in [0.1, 0.15) is 0 Å². The third kappa shape index (κ3) is 3.22.